The lowest BCUT2D eigenvalue weighted by molar-refractivity contribution is 0.195. The highest BCUT2D eigenvalue weighted by Crippen LogP contribution is 2.16. The molecule has 0 amide bonds. The first-order chi connectivity index (χ1) is 8.84. The van der Waals surface area contributed by atoms with Crippen LogP contribution in [-0.4, -0.2) is 31.1 Å². The van der Waals surface area contributed by atoms with Crippen molar-refractivity contribution in [2.45, 2.75) is 32.1 Å². The third kappa shape index (κ3) is 4.99. The molecular weight excluding hydrogens is 290 g/mol. The van der Waals surface area contributed by atoms with Gasteiger partial charge in [-0.25, -0.2) is 0 Å². The molecule has 0 aliphatic carbocycles. The van der Waals surface area contributed by atoms with Crippen molar-refractivity contribution in [3.05, 3.63) is 28.7 Å². The SMILES string of the molecule is Brc1ccc(OCCN2CCCCCCC2)cc1. The van der Waals surface area contributed by atoms with Crippen LogP contribution in [0.15, 0.2) is 28.7 Å². The second kappa shape index (κ2) is 7.80. The highest BCUT2D eigenvalue weighted by molar-refractivity contribution is 9.10. The number of nitrogens with zero attached hydrogens (tertiary/aromatic N) is 1. The van der Waals surface area contributed by atoms with Crippen LogP contribution in [0.25, 0.3) is 0 Å². The predicted molar refractivity (Wildman–Crippen MR) is 79.2 cm³/mol. The van der Waals surface area contributed by atoms with Gasteiger partial charge >= 0.3 is 0 Å². The Hall–Kier alpha value is -0.540. The van der Waals surface area contributed by atoms with Crippen molar-refractivity contribution < 1.29 is 4.74 Å². The molecule has 1 aliphatic heterocycles. The summed E-state index contributed by atoms with van der Waals surface area (Å²) in [6.45, 7) is 4.32. The lowest BCUT2D eigenvalue weighted by Gasteiger charge is -2.24. The van der Waals surface area contributed by atoms with E-state index in [1.54, 1.807) is 0 Å². The number of rotatable bonds is 4. The fourth-order valence-electron chi connectivity index (χ4n) is 2.36. The van der Waals surface area contributed by atoms with Crippen molar-refractivity contribution in [3.63, 3.8) is 0 Å². The minimum absolute atomic E-state index is 0.793. The summed E-state index contributed by atoms with van der Waals surface area (Å²) in [4.78, 5) is 2.54. The summed E-state index contributed by atoms with van der Waals surface area (Å²) < 4.78 is 6.87. The molecule has 0 spiro atoms. The molecule has 0 bridgehead atoms. The second-order valence-electron chi connectivity index (χ2n) is 4.91. The van der Waals surface area contributed by atoms with E-state index in [0.717, 1.165) is 23.4 Å². The third-order valence-electron chi connectivity index (χ3n) is 3.44. The molecule has 100 valence electrons. The Morgan fingerprint density at radius 1 is 0.944 bits per heavy atom. The van der Waals surface area contributed by atoms with Crippen LogP contribution >= 0.6 is 15.9 Å². The first-order valence-corrected chi connectivity index (χ1v) is 7.74. The molecule has 1 heterocycles. The van der Waals surface area contributed by atoms with Crippen LogP contribution in [0.3, 0.4) is 0 Å². The van der Waals surface area contributed by atoms with Crippen molar-refractivity contribution in [1.29, 1.82) is 0 Å². The second-order valence-corrected chi connectivity index (χ2v) is 5.83. The molecule has 0 saturated carbocycles. The number of hydrogen-bond acceptors (Lipinski definition) is 2. The number of hydrogen-bond donors (Lipinski definition) is 0. The minimum atomic E-state index is 0.793. The van der Waals surface area contributed by atoms with Crippen LogP contribution in [-0.2, 0) is 0 Å². The molecule has 0 aromatic heterocycles. The summed E-state index contributed by atoms with van der Waals surface area (Å²) in [6, 6.07) is 8.06. The summed E-state index contributed by atoms with van der Waals surface area (Å²) in [5.41, 5.74) is 0. The smallest absolute Gasteiger partial charge is 0.119 e. The summed E-state index contributed by atoms with van der Waals surface area (Å²) in [7, 11) is 0. The van der Waals surface area contributed by atoms with Gasteiger partial charge < -0.3 is 4.74 Å². The summed E-state index contributed by atoms with van der Waals surface area (Å²) >= 11 is 3.43. The van der Waals surface area contributed by atoms with Crippen LogP contribution in [0.2, 0.25) is 0 Å². The maximum absolute atomic E-state index is 5.77. The molecule has 1 aromatic carbocycles. The summed E-state index contributed by atoms with van der Waals surface area (Å²) in [5, 5.41) is 0. The topological polar surface area (TPSA) is 12.5 Å². The van der Waals surface area contributed by atoms with Gasteiger partial charge in [0, 0.05) is 11.0 Å². The van der Waals surface area contributed by atoms with E-state index in [4.69, 9.17) is 4.74 Å². The molecule has 0 unspecified atom stereocenters. The van der Waals surface area contributed by atoms with Gasteiger partial charge in [0.15, 0.2) is 0 Å². The highest BCUT2D eigenvalue weighted by Gasteiger charge is 2.07. The third-order valence-corrected chi connectivity index (χ3v) is 3.97. The van der Waals surface area contributed by atoms with E-state index in [1.807, 2.05) is 24.3 Å². The molecular formula is C15H22BrNO. The highest BCUT2D eigenvalue weighted by atomic mass is 79.9. The van der Waals surface area contributed by atoms with E-state index in [9.17, 15) is 0 Å². The Balaban J connectivity index is 1.68. The molecule has 0 atom stereocenters. The van der Waals surface area contributed by atoms with Crippen molar-refractivity contribution in [1.82, 2.24) is 4.90 Å². The van der Waals surface area contributed by atoms with Gasteiger partial charge in [-0.3, -0.25) is 4.90 Å². The first-order valence-electron chi connectivity index (χ1n) is 6.95. The van der Waals surface area contributed by atoms with E-state index < -0.39 is 0 Å². The molecule has 1 saturated heterocycles. The zero-order chi connectivity index (χ0) is 12.6. The van der Waals surface area contributed by atoms with E-state index in [-0.39, 0.29) is 0 Å². The number of ether oxygens (including phenoxy) is 1. The van der Waals surface area contributed by atoms with Crippen molar-refractivity contribution in [2.24, 2.45) is 0 Å². The van der Waals surface area contributed by atoms with Gasteiger partial charge in [0.2, 0.25) is 0 Å². The van der Waals surface area contributed by atoms with Gasteiger partial charge in [-0.1, -0.05) is 35.2 Å². The molecule has 0 radical (unpaired) electrons. The average molecular weight is 312 g/mol. The number of benzene rings is 1. The maximum atomic E-state index is 5.77. The molecule has 2 rings (SSSR count). The molecule has 18 heavy (non-hydrogen) atoms. The molecule has 3 heteroatoms. The lowest BCUT2D eigenvalue weighted by atomic mass is 10.1. The van der Waals surface area contributed by atoms with Crippen LogP contribution < -0.4 is 4.74 Å². The first kappa shape index (κ1) is 13.9. The zero-order valence-corrected chi connectivity index (χ0v) is 12.5. The van der Waals surface area contributed by atoms with E-state index >= 15 is 0 Å². The van der Waals surface area contributed by atoms with Gasteiger partial charge in [0.05, 0.1) is 0 Å². The quantitative estimate of drug-likeness (QED) is 0.830. The van der Waals surface area contributed by atoms with E-state index in [0.29, 0.717) is 0 Å². The van der Waals surface area contributed by atoms with Crippen molar-refractivity contribution in [3.8, 4) is 5.75 Å². The molecule has 1 aliphatic rings. The number of likely N-dealkylation sites (tertiary alicyclic amines) is 1. The van der Waals surface area contributed by atoms with Crippen LogP contribution in [0.5, 0.6) is 5.75 Å². The Morgan fingerprint density at radius 2 is 1.56 bits per heavy atom. The summed E-state index contributed by atoms with van der Waals surface area (Å²) in [6.07, 6.45) is 6.90. The van der Waals surface area contributed by atoms with Crippen LogP contribution in [0.4, 0.5) is 0 Å². The van der Waals surface area contributed by atoms with E-state index in [2.05, 4.69) is 20.8 Å². The van der Waals surface area contributed by atoms with Crippen LogP contribution in [0.1, 0.15) is 32.1 Å². The monoisotopic (exact) mass is 311 g/mol. The molecule has 1 fully saturated rings. The lowest BCUT2D eigenvalue weighted by Crippen LogP contribution is -2.31. The Kier molecular flexibility index (Phi) is 6.01. The normalized spacial score (nSPS) is 18.1. The Bertz CT molecular complexity index is 331. The molecule has 0 N–H and O–H groups in total. The standard InChI is InChI=1S/C15H22BrNO/c16-14-6-8-15(9-7-14)18-13-12-17-10-4-2-1-3-5-11-17/h6-9H,1-5,10-13H2. The van der Waals surface area contributed by atoms with Gasteiger partial charge in [-0.2, -0.15) is 0 Å². The largest absolute Gasteiger partial charge is 0.492 e. The van der Waals surface area contributed by atoms with Crippen LogP contribution in [0, 0.1) is 0 Å². The maximum Gasteiger partial charge on any atom is 0.119 e. The zero-order valence-electron chi connectivity index (χ0n) is 10.9. The van der Waals surface area contributed by atoms with Gasteiger partial charge in [0.1, 0.15) is 12.4 Å². The molecule has 2 nitrogen and oxygen atoms in total. The average Bonchev–Trinajstić information content (AvgIpc) is 2.34. The van der Waals surface area contributed by atoms with Gasteiger partial charge in [-0.05, 0) is 50.2 Å². The van der Waals surface area contributed by atoms with Gasteiger partial charge in [0.25, 0.3) is 0 Å². The Morgan fingerprint density at radius 3 is 2.22 bits per heavy atom. The molecule has 1 aromatic rings. The van der Waals surface area contributed by atoms with Crippen molar-refractivity contribution >= 4 is 15.9 Å². The van der Waals surface area contributed by atoms with E-state index in [1.165, 1.54) is 45.2 Å². The fraction of sp³-hybridized carbons (Fsp3) is 0.600. The Labute approximate surface area is 118 Å². The number of halogens is 1. The fourth-order valence-corrected chi connectivity index (χ4v) is 2.62. The van der Waals surface area contributed by atoms with Crippen molar-refractivity contribution in [2.75, 3.05) is 26.2 Å². The summed E-state index contributed by atoms with van der Waals surface area (Å²) in [5.74, 6) is 0.963. The van der Waals surface area contributed by atoms with Gasteiger partial charge in [-0.15, -0.1) is 0 Å². The minimum Gasteiger partial charge on any atom is -0.492 e. The predicted octanol–water partition coefficient (Wildman–Crippen LogP) is 4.09.